The Morgan fingerprint density at radius 3 is 2.80 bits per heavy atom. The van der Waals surface area contributed by atoms with Gasteiger partial charge in [-0.25, -0.2) is 17.2 Å². The van der Waals surface area contributed by atoms with E-state index in [4.69, 9.17) is 16.3 Å². The number of carbonyl (C=O) groups excluding carboxylic acids is 1. The molecule has 25 heavy (non-hydrogen) atoms. The van der Waals surface area contributed by atoms with Crippen molar-refractivity contribution >= 4 is 38.5 Å². The minimum Gasteiger partial charge on any atom is -0.462 e. The van der Waals surface area contributed by atoms with E-state index in [-0.39, 0.29) is 17.9 Å². The molecule has 0 aliphatic carbocycles. The average molecular weight is 384 g/mol. The van der Waals surface area contributed by atoms with E-state index in [9.17, 15) is 18.3 Å². The van der Waals surface area contributed by atoms with E-state index in [1.807, 2.05) is 0 Å². The number of ether oxygens (including phenoxy) is 1. The van der Waals surface area contributed by atoms with Gasteiger partial charge in [0.1, 0.15) is 6.61 Å². The standard InChI is InChI=1S/C17H18ClNO5S/c1-3-6-25(22,23)19-8-13(12-7-11(18)4-5-15(12)19)16(20)14-9-24-17(21)10(14)2/h4-5,7-8,14,16,20H,2-3,6,9H2,1H3. The molecule has 1 saturated heterocycles. The van der Waals surface area contributed by atoms with E-state index < -0.39 is 28.0 Å². The number of hydrogen-bond donors (Lipinski definition) is 1. The summed E-state index contributed by atoms with van der Waals surface area (Å²) in [4.78, 5) is 11.5. The van der Waals surface area contributed by atoms with Crippen molar-refractivity contribution in [3.63, 3.8) is 0 Å². The first-order chi connectivity index (χ1) is 11.8. The molecule has 8 heteroatoms. The van der Waals surface area contributed by atoms with Crippen molar-refractivity contribution < 1.29 is 23.1 Å². The lowest BCUT2D eigenvalue weighted by molar-refractivity contribution is -0.135. The summed E-state index contributed by atoms with van der Waals surface area (Å²) in [6.07, 6.45) is 0.736. The van der Waals surface area contributed by atoms with Crippen molar-refractivity contribution in [2.45, 2.75) is 19.4 Å². The lowest BCUT2D eigenvalue weighted by Gasteiger charge is -2.15. The minimum atomic E-state index is -3.57. The molecule has 6 nitrogen and oxygen atoms in total. The fraction of sp³-hybridized carbons (Fsp3) is 0.353. The number of aliphatic hydroxyl groups excluding tert-OH is 1. The molecule has 1 aromatic heterocycles. The molecule has 134 valence electrons. The van der Waals surface area contributed by atoms with Gasteiger partial charge >= 0.3 is 5.97 Å². The molecule has 2 heterocycles. The van der Waals surface area contributed by atoms with Gasteiger partial charge in [0, 0.05) is 27.7 Å². The molecule has 2 aromatic rings. The zero-order valence-corrected chi connectivity index (χ0v) is 15.2. The Hall–Kier alpha value is -1.83. The second-order valence-corrected chi connectivity index (χ2v) is 8.43. The molecule has 0 bridgehead atoms. The van der Waals surface area contributed by atoms with Crippen LogP contribution in [0, 0.1) is 5.92 Å². The maximum absolute atomic E-state index is 12.6. The topological polar surface area (TPSA) is 85.6 Å². The molecule has 0 saturated carbocycles. The number of rotatable bonds is 5. The van der Waals surface area contributed by atoms with Gasteiger partial charge in [-0.3, -0.25) is 0 Å². The van der Waals surface area contributed by atoms with Gasteiger partial charge in [0.15, 0.2) is 0 Å². The summed E-state index contributed by atoms with van der Waals surface area (Å²) in [7, 11) is -3.57. The number of hydrogen-bond acceptors (Lipinski definition) is 5. The second-order valence-electron chi connectivity index (χ2n) is 6.03. The van der Waals surface area contributed by atoms with E-state index in [0.29, 0.717) is 27.9 Å². The van der Waals surface area contributed by atoms with Crippen LogP contribution in [0.2, 0.25) is 5.02 Å². The highest BCUT2D eigenvalue weighted by atomic mass is 35.5. The van der Waals surface area contributed by atoms with Crippen LogP contribution in [0.3, 0.4) is 0 Å². The molecule has 1 aromatic carbocycles. The third-order valence-corrected chi connectivity index (χ3v) is 6.39. The van der Waals surface area contributed by atoms with Crippen LogP contribution in [0.25, 0.3) is 10.9 Å². The Labute approximate surface area is 150 Å². The molecule has 3 rings (SSSR count). The summed E-state index contributed by atoms with van der Waals surface area (Å²) < 4.78 is 31.2. The Kier molecular flexibility index (Phi) is 4.66. The molecule has 2 unspecified atom stereocenters. The Morgan fingerprint density at radius 1 is 1.48 bits per heavy atom. The molecule has 1 aliphatic rings. The van der Waals surface area contributed by atoms with Gasteiger partial charge in [0.05, 0.1) is 23.3 Å². The molecule has 0 amide bonds. The Morgan fingerprint density at radius 2 is 2.20 bits per heavy atom. The van der Waals surface area contributed by atoms with E-state index in [1.165, 1.54) is 10.2 Å². The number of aromatic nitrogens is 1. The maximum Gasteiger partial charge on any atom is 0.333 e. The first-order valence-electron chi connectivity index (χ1n) is 7.84. The summed E-state index contributed by atoms with van der Waals surface area (Å²) >= 11 is 6.05. The lowest BCUT2D eigenvalue weighted by Crippen LogP contribution is -2.16. The summed E-state index contributed by atoms with van der Waals surface area (Å²) in [5.74, 6) is -1.20. The van der Waals surface area contributed by atoms with Gasteiger partial charge in [-0.05, 0) is 24.6 Å². The highest BCUT2D eigenvalue weighted by Crippen LogP contribution is 2.38. The van der Waals surface area contributed by atoms with Crippen LogP contribution in [0.5, 0.6) is 0 Å². The summed E-state index contributed by atoms with van der Waals surface area (Å²) in [6.45, 7) is 5.45. The zero-order valence-electron chi connectivity index (χ0n) is 13.6. The molecule has 1 fully saturated rings. The molecule has 1 aliphatic heterocycles. The van der Waals surface area contributed by atoms with Gasteiger partial charge < -0.3 is 9.84 Å². The molecule has 0 spiro atoms. The largest absolute Gasteiger partial charge is 0.462 e. The van der Waals surface area contributed by atoms with Gasteiger partial charge in [-0.2, -0.15) is 0 Å². The van der Waals surface area contributed by atoms with Gasteiger partial charge in [-0.1, -0.05) is 25.1 Å². The van der Waals surface area contributed by atoms with Crippen molar-refractivity contribution in [3.8, 4) is 0 Å². The van der Waals surface area contributed by atoms with Crippen LogP contribution in [0.4, 0.5) is 0 Å². The van der Waals surface area contributed by atoms with E-state index in [2.05, 4.69) is 6.58 Å². The first kappa shape index (κ1) is 18.0. The predicted molar refractivity (Wildman–Crippen MR) is 95.0 cm³/mol. The first-order valence-corrected chi connectivity index (χ1v) is 9.82. The van der Waals surface area contributed by atoms with Gasteiger partial charge in [0.2, 0.25) is 10.0 Å². The highest BCUT2D eigenvalue weighted by Gasteiger charge is 2.36. The zero-order chi connectivity index (χ0) is 18.4. The maximum atomic E-state index is 12.6. The molecule has 0 radical (unpaired) electrons. The number of carbonyl (C=O) groups is 1. The average Bonchev–Trinajstić information content (AvgIpc) is 3.08. The van der Waals surface area contributed by atoms with E-state index in [0.717, 1.165) is 0 Å². The lowest BCUT2D eigenvalue weighted by atomic mass is 9.92. The Bertz CT molecular complexity index is 963. The van der Waals surface area contributed by atoms with Crippen LogP contribution < -0.4 is 0 Å². The molecular formula is C17H18ClNO5S. The quantitative estimate of drug-likeness (QED) is 0.633. The third-order valence-electron chi connectivity index (χ3n) is 4.33. The van der Waals surface area contributed by atoms with Crippen molar-refractivity contribution in [2.75, 3.05) is 12.4 Å². The van der Waals surface area contributed by atoms with Crippen LogP contribution in [-0.4, -0.2) is 35.8 Å². The summed E-state index contributed by atoms with van der Waals surface area (Å²) in [5, 5.41) is 11.7. The SMILES string of the molecule is C=C1C(=O)OCC1C(O)c1cn(S(=O)(=O)CCC)c2ccc(Cl)cc12. The number of benzene rings is 1. The van der Waals surface area contributed by atoms with Crippen LogP contribution >= 0.6 is 11.6 Å². The van der Waals surface area contributed by atoms with Crippen molar-refractivity contribution in [1.82, 2.24) is 3.97 Å². The second kappa shape index (κ2) is 6.48. The minimum absolute atomic E-state index is 0.00772. The summed E-state index contributed by atoms with van der Waals surface area (Å²) in [6, 6.07) is 4.80. The number of esters is 1. The van der Waals surface area contributed by atoms with Crippen molar-refractivity contribution in [1.29, 1.82) is 0 Å². The molecular weight excluding hydrogens is 366 g/mol. The van der Waals surface area contributed by atoms with Crippen LogP contribution in [0.1, 0.15) is 25.0 Å². The van der Waals surface area contributed by atoms with E-state index >= 15 is 0 Å². The predicted octanol–water partition coefficient (Wildman–Crippen LogP) is 2.65. The third kappa shape index (κ3) is 3.07. The normalized spacial score (nSPS) is 19.4. The van der Waals surface area contributed by atoms with Crippen LogP contribution in [-0.2, 0) is 19.6 Å². The van der Waals surface area contributed by atoms with Gasteiger partial charge in [0.25, 0.3) is 0 Å². The highest BCUT2D eigenvalue weighted by molar-refractivity contribution is 7.90. The molecule has 1 N–H and O–H groups in total. The van der Waals surface area contributed by atoms with E-state index in [1.54, 1.807) is 25.1 Å². The fourth-order valence-corrected chi connectivity index (χ4v) is 4.65. The number of cyclic esters (lactones) is 1. The number of fused-ring (bicyclic) bond motifs is 1. The number of halogens is 1. The summed E-state index contributed by atoms with van der Waals surface area (Å²) in [5.41, 5.74) is 0.983. The van der Waals surface area contributed by atoms with Crippen molar-refractivity contribution in [3.05, 3.63) is 47.1 Å². The monoisotopic (exact) mass is 383 g/mol. The van der Waals surface area contributed by atoms with Gasteiger partial charge in [-0.15, -0.1) is 0 Å². The fourth-order valence-electron chi connectivity index (χ4n) is 3.03. The number of nitrogens with zero attached hydrogens (tertiary/aromatic N) is 1. The number of aliphatic hydroxyl groups is 1. The molecule has 2 atom stereocenters. The van der Waals surface area contributed by atoms with Crippen LogP contribution in [0.15, 0.2) is 36.5 Å². The smallest absolute Gasteiger partial charge is 0.333 e. The Balaban J connectivity index is 2.17. The van der Waals surface area contributed by atoms with Crippen molar-refractivity contribution in [2.24, 2.45) is 5.92 Å².